The molecular formula is C15H15F4NO3. The summed E-state index contributed by atoms with van der Waals surface area (Å²) in [7, 11) is 0. The molecule has 8 heteroatoms. The van der Waals surface area contributed by atoms with Crippen molar-refractivity contribution in [1.82, 2.24) is 4.90 Å². The van der Waals surface area contributed by atoms with E-state index in [2.05, 4.69) is 0 Å². The number of halogens is 4. The van der Waals surface area contributed by atoms with E-state index in [0.717, 1.165) is 4.90 Å². The van der Waals surface area contributed by atoms with Crippen LogP contribution in [0.1, 0.15) is 37.0 Å². The van der Waals surface area contributed by atoms with Gasteiger partial charge < -0.3 is 9.64 Å². The lowest BCUT2D eigenvalue weighted by Gasteiger charge is -2.28. The third-order valence-corrected chi connectivity index (χ3v) is 3.55. The van der Waals surface area contributed by atoms with Crippen molar-refractivity contribution in [3.63, 3.8) is 0 Å². The van der Waals surface area contributed by atoms with E-state index in [9.17, 15) is 27.2 Å². The first kappa shape index (κ1) is 17.2. The van der Waals surface area contributed by atoms with Gasteiger partial charge in [0.05, 0.1) is 12.2 Å². The largest absolute Gasteiger partial charge is 0.464 e. The summed E-state index contributed by atoms with van der Waals surface area (Å²) in [6.45, 7) is 3.05. The summed E-state index contributed by atoms with van der Waals surface area (Å²) in [6.07, 6.45) is 1.15. The number of carbonyl (C=O) groups is 2. The van der Waals surface area contributed by atoms with Crippen LogP contribution in [0.3, 0.4) is 0 Å². The lowest BCUT2D eigenvalue weighted by molar-refractivity contribution is -0.148. The van der Waals surface area contributed by atoms with Crippen molar-refractivity contribution in [2.45, 2.75) is 38.8 Å². The zero-order valence-corrected chi connectivity index (χ0v) is 12.5. The van der Waals surface area contributed by atoms with E-state index in [-0.39, 0.29) is 12.6 Å². The fourth-order valence-electron chi connectivity index (χ4n) is 2.25. The zero-order chi connectivity index (χ0) is 17.3. The van der Waals surface area contributed by atoms with E-state index in [1.54, 1.807) is 6.92 Å². The van der Waals surface area contributed by atoms with E-state index in [4.69, 9.17) is 4.74 Å². The Morgan fingerprint density at radius 1 is 1.22 bits per heavy atom. The third-order valence-electron chi connectivity index (χ3n) is 3.55. The monoisotopic (exact) mass is 333 g/mol. The number of carbonyl (C=O) groups excluding carboxylic acids is 2. The van der Waals surface area contributed by atoms with Crippen molar-refractivity contribution in [3.8, 4) is 0 Å². The van der Waals surface area contributed by atoms with Crippen LogP contribution in [0.4, 0.5) is 17.6 Å². The molecule has 0 spiro atoms. The Kier molecular flexibility index (Phi) is 4.91. The summed E-state index contributed by atoms with van der Waals surface area (Å²) in [5, 5.41) is 0. The quantitative estimate of drug-likeness (QED) is 0.360. The van der Waals surface area contributed by atoms with Gasteiger partial charge in [-0.05, 0) is 32.8 Å². The van der Waals surface area contributed by atoms with Crippen LogP contribution in [0.25, 0.3) is 0 Å². The molecule has 1 fully saturated rings. The second-order valence-electron chi connectivity index (χ2n) is 5.22. The van der Waals surface area contributed by atoms with Crippen LogP contribution in [0, 0.1) is 23.3 Å². The Balaban J connectivity index is 2.38. The maximum Gasteiger partial charge on any atom is 0.328 e. The summed E-state index contributed by atoms with van der Waals surface area (Å²) in [6, 6.07) is -1.11. The highest BCUT2D eigenvalue weighted by atomic mass is 19.2. The molecule has 0 radical (unpaired) electrons. The van der Waals surface area contributed by atoms with Gasteiger partial charge in [-0.25, -0.2) is 22.4 Å². The average molecular weight is 333 g/mol. The number of benzene rings is 1. The Bertz CT molecular complexity index is 646. The molecule has 1 amide bonds. The van der Waals surface area contributed by atoms with Gasteiger partial charge in [0.25, 0.3) is 5.91 Å². The van der Waals surface area contributed by atoms with E-state index in [0.29, 0.717) is 18.9 Å². The van der Waals surface area contributed by atoms with Gasteiger partial charge in [0.15, 0.2) is 23.3 Å². The molecule has 0 saturated heterocycles. The molecule has 1 aromatic rings. The topological polar surface area (TPSA) is 46.6 Å². The minimum atomic E-state index is -2.06. The number of nitrogens with zero attached hydrogens (tertiary/aromatic N) is 1. The number of ether oxygens (including phenoxy) is 1. The van der Waals surface area contributed by atoms with Gasteiger partial charge in [0, 0.05) is 6.04 Å². The van der Waals surface area contributed by atoms with Gasteiger partial charge in [-0.3, -0.25) is 4.79 Å². The molecule has 126 valence electrons. The Morgan fingerprint density at radius 2 is 1.83 bits per heavy atom. The molecule has 1 unspecified atom stereocenters. The minimum absolute atomic E-state index is 0.0873. The number of amides is 1. The summed E-state index contributed by atoms with van der Waals surface area (Å²) in [5.41, 5.74) is -0.954. The van der Waals surface area contributed by atoms with Gasteiger partial charge in [-0.15, -0.1) is 0 Å². The SMILES string of the molecule is CCOC(=O)C(C)N(C(=O)c1cc(F)c(F)c(F)c1F)C1CC1. The van der Waals surface area contributed by atoms with E-state index >= 15 is 0 Å². The molecule has 1 saturated carbocycles. The van der Waals surface area contributed by atoms with Crippen LogP contribution < -0.4 is 0 Å². The fourth-order valence-corrected chi connectivity index (χ4v) is 2.25. The molecule has 0 N–H and O–H groups in total. The van der Waals surface area contributed by atoms with Crippen LogP contribution >= 0.6 is 0 Å². The standard InChI is InChI=1S/C15H15F4NO3/c1-3-23-15(22)7(2)20(8-4-5-8)14(21)9-6-10(16)12(18)13(19)11(9)17/h6-8H,3-5H2,1-2H3. The van der Waals surface area contributed by atoms with E-state index in [1.807, 2.05) is 0 Å². The predicted molar refractivity (Wildman–Crippen MR) is 71.6 cm³/mol. The molecule has 0 aromatic heterocycles. The van der Waals surface area contributed by atoms with Crippen LogP contribution in [0.15, 0.2) is 6.07 Å². The summed E-state index contributed by atoms with van der Waals surface area (Å²) >= 11 is 0. The molecule has 1 aliphatic rings. The highest BCUT2D eigenvalue weighted by Crippen LogP contribution is 2.31. The smallest absolute Gasteiger partial charge is 0.328 e. The Hall–Kier alpha value is -2.12. The minimum Gasteiger partial charge on any atom is -0.464 e. The molecule has 0 heterocycles. The number of hydrogen-bond donors (Lipinski definition) is 0. The van der Waals surface area contributed by atoms with Crippen LogP contribution in [0.2, 0.25) is 0 Å². The average Bonchev–Trinajstić information content (AvgIpc) is 3.33. The second kappa shape index (κ2) is 6.55. The summed E-state index contributed by atoms with van der Waals surface area (Å²) in [5.74, 6) is -9.30. The number of hydrogen-bond acceptors (Lipinski definition) is 3. The highest BCUT2D eigenvalue weighted by Gasteiger charge is 2.40. The first-order valence-electron chi connectivity index (χ1n) is 7.11. The van der Waals surface area contributed by atoms with Gasteiger partial charge in [-0.1, -0.05) is 0 Å². The molecule has 4 nitrogen and oxygen atoms in total. The van der Waals surface area contributed by atoms with Gasteiger partial charge in [0.1, 0.15) is 6.04 Å². The van der Waals surface area contributed by atoms with Crippen molar-refractivity contribution < 1.29 is 31.9 Å². The fraction of sp³-hybridized carbons (Fsp3) is 0.467. The molecule has 23 heavy (non-hydrogen) atoms. The molecular weight excluding hydrogens is 318 g/mol. The van der Waals surface area contributed by atoms with Crippen molar-refractivity contribution in [1.29, 1.82) is 0 Å². The molecule has 0 aliphatic heterocycles. The maximum atomic E-state index is 13.8. The third kappa shape index (κ3) is 3.30. The first-order chi connectivity index (χ1) is 10.8. The van der Waals surface area contributed by atoms with Crippen LogP contribution in [0.5, 0.6) is 0 Å². The predicted octanol–water partition coefficient (Wildman–Crippen LogP) is 2.80. The van der Waals surface area contributed by atoms with Gasteiger partial charge in [-0.2, -0.15) is 0 Å². The molecule has 1 atom stereocenters. The van der Waals surface area contributed by atoms with Gasteiger partial charge >= 0.3 is 5.97 Å². The first-order valence-corrected chi connectivity index (χ1v) is 7.11. The molecule has 0 bridgehead atoms. The van der Waals surface area contributed by atoms with Gasteiger partial charge in [0.2, 0.25) is 0 Å². The van der Waals surface area contributed by atoms with Crippen molar-refractivity contribution in [2.24, 2.45) is 0 Å². The molecule has 2 rings (SSSR count). The van der Waals surface area contributed by atoms with Crippen molar-refractivity contribution >= 4 is 11.9 Å². The van der Waals surface area contributed by atoms with E-state index in [1.165, 1.54) is 6.92 Å². The highest BCUT2D eigenvalue weighted by molar-refractivity contribution is 5.97. The summed E-state index contributed by atoms with van der Waals surface area (Å²) < 4.78 is 58.2. The van der Waals surface area contributed by atoms with Crippen LogP contribution in [-0.2, 0) is 9.53 Å². The summed E-state index contributed by atoms with van der Waals surface area (Å²) in [4.78, 5) is 25.3. The molecule has 1 aromatic carbocycles. The van der Waals surface area contributed by atoms with E-state index < -0.39 is 46.8 Å². The normalized spacial score (nSPS) is 15.2. The van der Waals surface area contributed by atoms with Crippen molar-refractivity contribution in [2.75, 3.05) is 6.61 Å². The maximum absolute atomic E-state index is 13.8. The Morgan fingerprint density at radius 3 is 2.35 bits per heavy atom. The number of esters is 1. The zero-order valence-electron chi connectivity index (χ0n) is 12.5. The lowest BCUT2D eigenvalue weighted by Crippen LogP contribution is -2.46. The lowest BCUT2D eigenvalue weighted by atomic mass is 10.1. The second-order valence-corrected chi connectivity index (χ2v) is 5.22. The Labute approximate surface area is 130 Å². The molecule has 1 aliphatic carbocycles. The number of rotatable bonds is 5. The van der Waals surface area contributed by atoms with Crippen LogP contribution in [-0.4, -0.2) is 35.5 Å². The van der Waals surface area contributed by atoms with Crippen molar-refractivity contribution in [3.05, 3.63) is 34.9 Å².